The van der Waals surface area contributed by atoms with Crippen LogP contribution in [0.15, 0.2) is 44.4 Å². The van der Waals surface area contributed by atoms with Gasteiger partial charge in [-0.1, -0.05) is 21.1 Å². The van der Waals surface area contributed by atoms with Crippen LogP contribution in [0.5, 0.6) is 0 Å². The maximum absolute atomic E-state index is 12.0. The molecule has 0 saturated heterocycles. The summed E-state index contributed by atoms with van der Waals surface area (Å²) in [5.41, 5.74) is 6.31. The molecule has 1 aromatic carbocycles. The van der Waals surface area contributed by atoms with Crippen molar-refractivity contribution in [2.24, 2.45) is 10.9 Å². The molecule has 0 radical (unpaired) electrons. The van der Waals surface area contributed by atoms with Crippen molar-refractivity contribution in [3.8, 4) is 0 Å². The molecule has 0 unspecified atom stereocenters. The van der Waals surface area contributed by atoms with E-state index in [0.29, 0.717) is 11.3 Å². The number of amides is 1. The fraction of sp³-hybridized carbons (Fsp3) is 0. The molecule has 0 bridgehead atoms. The number of nitrogens with two attached hydrogens (primary N) is 1. The molecule has 0 fully saturated rings. The lowest BCUT2D eigenvalue weighted by Crippen LogP contribution is -2.19. The van der Waals surface area contributed by atoms with E-state index in [1.807, 2.05) is 0 Å². The van der Waals surface area contributed by atoms with Gasteiger partial charge in [0.15, 0.2) is 16.8 Å². The summed E-state index contributed by atoms with van der Waals surface area (Å²) in [6, 6.07) is 7.83. The second-order valence-corrected chi connectivity index (χ2v) is 5.02. The molecule has 104 valence electrons. The minimum absolute atomic E-state index is 0.0587. The molecule has 8 heteroatoms. The van der Waals surface area contributed by atoms with Crippen LogP contribution in [0, 0.1) is 0 Å². The number of oxime groups is 1. The van der Waals surface area contributed by atoms with Gasteiger partial charge in [0.2, 0.25) is 0 Å². The topological polar surface area (TPSA) is 101 Å². The van der Waals surface area contributed by atoms with Crippen molar-refractivity contribution in [3.05, 3.63) is 51.3 Å². The van der Waals surface area contributed by atoms with Gasteiger partial charge in [0.05, 0.1) is 5.69 Å². The number of anilines is 1. The van der Waals surface area contributed by atoms with Crippen molar-refractivity contribution < 1.29 is 14.4 Å². The van der Waals surface area contributed by atoms with Crippen LogP contribution in [0.1, 0.15) is 16.1 Å². The summed E-state index contributed by atoms with van der Waals surface area (Å²) in [6.07, 6.45) is 0. The molecule has 2 aromatic rings. The van der Waals surface area contributed by atoms with E-state index in [0.717, 1.165) is 4.47 Å². The van der Waals surface area contributed by atoms with Gasteiger partial charge in [-0.2, -0.15) is 0 Å². The summed E-state index contributed by atoms with van der Waals surface area (Å²) in [7, 11) is 0. The summed E-state index contributed by atoms with van der Waals surface area (Å²) < 4.78 is 5.72. The molecule has 1 aromatic heterocycles. The normalized spacial score (nSPS) is 11.4. The van der Waals surface area contributed by atoms with Crippen molar-refractivity contribution in [3.63, 3.8) is 0 Å². The Labute approximate surface area is 127 Å². The maximum atomic E-state index is 12.0. The third kappa shape index (κ3) is 3.12. The van der Waals surface area contributed by atoms with E-state index >= 15 is 0 Å². The summed E-state index contributed by atoms with van der Waals surface area (Å²) in [5, 5.41) is 14.4. The molecule has 0 atom stereocenters. The fourth-order valence-corrected chi connectivity index (χ4v) is 2.02. The molecule has 0 aliphatic heterocycles. The quantitative estimate of drug-likeness (QED) is 0.340. The number of halogens is 2. The highest BCUT2D eigenvalue weighted by atomic mass is 79.9. The number of furan rings is 1. The van der Waals surface area contributed by atoms with Gasteiger partial charge >= 0.3 is 0 Å². The molecule has 0 saturated carbocycles. The van der Waals surface area contributed by atoms with Crippen LogP contribution >= 0.6 is 27.5 Å². The van der Waals surface area contributed by atoms with Crippen LogP contribution in [0.2, 0.25) is 5.22 Å². The molecule has 0 aliphatic carbocycles. The predicted octanol–water partition coefficient (Wildman–Crippen LogP) is 3.04. The minimum Gasteiger partial charge on any atom is -0.440 e. The first kappa shape index (κ1) is 14.4. The Hall–Kier alpha value is -1.99. The number of amidine groups is 1. The molecule has 6 nitrogen and oxygen atoms in total. The average molecular weight is 359 g/mol. The third-order valence-corrected chi connectivity index (χ3v) is 3.11. The molecular weight excluding hydrogens is 350 g/mol. The average Bonchev–Trinajstić information content (AvgIpc) is 2.86. The van der Waals surface area contributed by atoms with Crippen LogP contribution in [-0.2, 0) is 0 Å². The zero-order valence-corrected chi connectivity index (χ0v) is 12.3. The highest BCUT2D eigenvalue weighted by Crippen LogP contribution is 2.22. The van der Waals surface area contributed by atoms with Crippen LogP contribution < -0.4 is 11.1 Å². The Kier molecular flexibility index (Phi) is 4.31. The summed E-state index contributed by atoms with van der Waals surface area (Å²) in [4.78, 5) is 12.0. The van der Waals surface area contributed by atoms with E-state index in [1.54, 1.807) is 18.2 Å². The van der Waals surface area contributed by atoms with E-state index in [9.17, 15) is 4.79 Å². The van der Waals surface area contributed by atoms with Gasteiger partial charge in [-0.05, 0) is 41.9 Å². The standard InChI is InChI=1S/C12H9BrClN3O3/c13-6-1-2-8(7(5-6)11(15)17-19)16-12(18)9-3-4-10(14)20-9/h1-5,19H,(H2,15,17)(H,16,18). The highest BCUT2D eigenvalue weighted by molar-refractivity contribution is 9.10. The molecule has 1 heterocycles. The first-order valence-corrected chi connectivity index (χ1v) is 6.52. The third-order valence-electron chi connectivity index (χ3n) is 2.41. The number of rotatable bonds is 3. The van der Waals surface area contributed by atoms with Crippen LogP contribution in [0.25, 0.3) is 0 Å². The number of hydrogen-bond acceptors (Lipinski definition) is 4. The van der Waals surface area contributed by atoms with Gasteiger partial charge in [0, 0.05) is 10.0 Å². The molecule has 20 heavy (non-hydrogen) atoms. The Bertz CT molecular complexity index is 684. The molecule has 1 amide bonds. The second-order valence-electron chi connectivity index (χ2n) is 3.73. The Morgan fingerprint density at radius 3 is 2.75 bits per heavy atom. The molecule has 4 N–H and O–H groups in total. The zero-order chi connectivity index (χ0) is 14.7. The number of carbonyl (C=O) groups is 1. The van der Waals surface area contributed by atoms with E-state index < -0.39 is 5.91 Å². The number of benzene rings is 1. The lowest BCUT2D eigenvalue weighted by Gasteiger charge is -2.09. The Balaban J connectivity index is 2.32. The van der Waals surface area contributed by atoms with Gasteiger partial charge in [0.1, 0.15) is 0 Å². The SMILES string of the molecule is N/C(=N/O)c1cc(Br)ccc1NC(=O)c1ccc(Cl)o1. The first-order chi connectivity index (χ1) is 9.51. The summed E-state index contributed by atoms with van der Waals surface area (Å²) in [6.45, 7) is 0. The lowest BCUT2D eigenvalue weighted by atomic mass is 10.1. The highest BCUT2D eigenvalue weighted by Gasteiger charge is 2.15. The zero-order valence-electron chi connectivity index (χ0n) is 9.93. The maximum Gasteiger partial charge on any atom is 0.291 e. The molecule has 0 aliphatic rings. The molecule has 2 rings (SSSR count). The number of nitrogens with one attached hydrogen (secondary N) is 1. The lowest BCUT2D eigenvalue weighted by molar-refractivity contribution is 0.0996. The van der Waals surface area contributed by atoms with Gasteiger partial charge < -0.3 is 20.7 Å². The van der Waals surface area contributed by atoms with Gasteiger partial charge in [0.25, 0.3) is 5.91 Å². The Morgan fingerprint density at radius 1 is 1.40 bits per heavy atom. The van der Waals surface area contributed by atoms with E-state index in [4.69, 9.17) is 27.0 Å². The van der Waals surface area contributed by atoms with Crippen molar-refractivity contribution >= 4 is 45.0 Å². The Morgan fingerprint density at radius 2 is 2.15 bits per heavy atom. The van der Waals surface area contributed by atoms with Crippen LogP contribution in [0.3, 0.4) is 0 Å². The van der Waals surface area contributed by atoms with Crippen molar-refractivity contribution in [1.82, 2.24) is 0 Å². The minimum atomic E-state index is -0.494. The smallest absolute Gasteiger partial charge is 0.291 e. The first-order valence-electron chi connectivity index (χ1n) is 5.35. The number of hydrogen-bond donors (Lipinski definition) is 3. The summed E-state index contributed by atoms with van der Waals surface area (Å²) >= 11 is 8.87. The fourth-order valence-electron chi connectivity index (χ4n) is 1.51. The van der Waals surface area contributed by atoms with Gasteiger partial charge in [-0.25, -0.2) is 0 Å². The van der Waals surface area contributed by atoms with E-state index in [2.05, 4.69) is 26.4 Å². The summed E-state index contributed by atoms with van der Waals surface area (Å²) in [5.74, 6) is -0.561. The predicted molar refractivity (Wildman–Crippen MR) is 78.3 cm³/mol. The van der Waals surface area contributed by atoms with Crippen LogP contribution in [-0.4, -0.2) is 17.0 Å². The number of nitrogens with zero attached hydrogens (tertiary/aromatic N) is 1. The van der Waals surface area contributed by atoms with E-state index in [-0.39, 0.29) is 16.8 Å². The van der Waals surface area contributed by atoms with Crippen LogP contribution in [0.4, 0.5) is 5.69 Å². The monoisotopic (exact) mass is 357 g/mol. The second kappa shape index (κ2) is 5.98. The van der Waals surface area contributed by atoms with Crippen molar-refractivity contribution in [2.75, 3.05) is 5.32 Å². The van der Waals surface area contributed by atoms with Crippen molar-refractivity contribution in [1.29, 1.82) is 0 Å². The number of carbonyl (C=O) groups excluding carboxylic acids is 1. The van der Waals surface area contributed by atoms with Gasteiger partial charge in [-0.3, -0.25) is 4.79 Å². The van der Waals surface area contributed by atoms with Crippen molar-refractivity contribution in [2.45, 2.75) is 0 Å². The van der Waals surface area contributed by atoms with E-state index in [1.165, 1.54) is 12.1 Å². The molecular formula is C12H9BrClN3O3. The molecule has 0 spiro atoms. The largest absolute Gasteiger partial charge is 0.440 e. The van der Waals surface area contributed by atoms with Gasteiger partial charge in [-0.15, -0.1) is 0 Å².